The Morgan fingerprint density at radius 1 is 1.25 bits per heavy atom. The first kappa shape index (κ1) is 16.2. The predicted molar refractivity (Wildman–Crippen MR) is 82.2 cm³/mol. The third-order valence-corrected chi connectivity index (χ3v) is 3.53. The number of hydrogen-bond donors (Lipinski definition) is 3. The third-order valence-electron chi connectivity index (χ3n) is 3.53. The first-order chi connectivity index (χ1) is 11.6. The van der Waals surface area contributed by atoms with Crippen LogP contribution in [0, 0.1) is 11.6 Å². The van der Waals surface area contributed by atoms with Crippen molar-refractivity contribution in [1.82, 2.24) is 19.7 Å². The molecule has 0 aliphatic carbocycles. The van der Waals surface area contributed by atoms with Gasteiger partial charge < -0.3 is 15.5 Å². The quantitative estimate of drug-likeness (QED) is 0.627. The second-order valence-electron chi connectivity index (χ2n) is 5.11. The van der Waals surface area contributed by atoms with Gasteiger partial charge in [-0.05, 0) is 6.07 Å². The van der Waals surface area contributed by atoms with Crippen molar-refractivity contribution in [1.29, 1.82) is 0 Å². The summed E-state index contributed by atoms with van der Waals surface area (Å²) in [5, 5.41) is 26.7. The molecule has 7 nitrogen and oxygen atoms in total. The first-order valence-electron chi connectivity index (χ1n) is 7.24. The van der Waals surface area contributed by atoms with Gasteiger partial charge in [0.25, 0.3) is 0 Å². The van der Waals surface area contributed by atoms with Gasteiger partial charge in [-0.2, -0.15) is 5.10 Å². The molecule has 1 atom stereocenters. The Kier molecular flexibility index (Phi) is 4.63. The summed E-state index contributed by atoms with van der Waals surface area (Å²) in [4.78, 5) is 8.18. The van der Waals surface area contributed by atoms with E-state index in [1.807, 2.05) is 0 Å². The summed E-state index contributed by atoms with van der Waals surface area (Å²) in [5.74, 6) is -1.09. The van der Waals surface area contributed by atoms with Crippen molar-refractivity contribution < 1.29 is 19.0 Å². The standard InChI is InChI=1S/C15H15F2N5O2/c16-9-1-2-10(12(17)5-9)13(24)7-18-14-11-6-21-22(3-4-23)15(11)20-8-19-14/h1-2,5-6,8,13,23-24H,3-4,7H2,(H,18,19,20). The number of halogens is 2. The number of aromatic nitrogens is 4. The van der Waals surface area contributed by atoms with Crippen LogP contribution in [0.2, 0.25) is 0 Å². The van der Waals surface area contributed by atoms with Crippen LogP contribution in [0.4, 0.5) is 14.6 Å². The number of fused-ring (bicyclic) bond motifs is 1. The molecule has 2 aromatic heterocycles. The Labute approximate surface area is 135 Å². The van der Waals surface area contributed by atoms with Gasteiger partial charge >= 0.3 is 0 Å². The van der Waals surface area contributed by atoms with Crippen molar-refractivity contribution in [2.45, 2.75) is 12.6 Å². The second kappa shape index (κ2) is 6.85. The zero-order valence-corrected chi connectivity index (χ0v) is 12.5. The highest BCUT2D eigenvalue weighted by Crippen LogP contribution is 2.22. The minimum absolute atomic E-state index is 0.00910. The fourth-order valence-electron chi connectivity index (χ4n) is 2.37. The van der Waals surface area contributed by atoms with E-state index in [4.69, 9.17) is 5.11 Å². The van der Waals surface area contributed by atoms with Gasteiger partial charge in [-0.25, -0.2) is 23.4 Å². The van der Waals surface area contributed by atoms with Gasteiger partial charge in [0.05, 0.1) is 30.8 Å². The van der Waals surface area contributed by atoms with Crippen molar-refractivity contribution >= 4 is 16.9 Å². The zero-order valence-electron chi connectivity index (χ0n) is 12.5. The van der Waals surface area contributed by atoms with Crippen molar-refractivity contribution in [3.63, 3.8) is 0 Å². The maximum Gasteiger partial charge on any atom is 0.163 e. The predicted octanol–water partition coefficient (Wildman–Crippen LogP) is 1.24. The number of rotatable bonds is 6. The molecular formula is C15H15F2N5O2. The molecule has 3 rings (SSSR count). The molecule has 0 spiro atoms. The average Bonchev–Trinajstić information content (AvgIpc) is 2.97. The van der Waals surface area contributed by atoms with Gasteiger partial charge in [-0.3, -0.25) is 0 Å². The molecular weight excluding hydrogens is 320 g/mol. The van der Waals surface area contributed by atoms with Crippen LogP contribution in [-0.4, -0.2) is 43.1 Å². The second-order valence-corrected chi connectivity index (χ2v) is 5.11. The zero-order chi connectivity index (χ0) is 17.1. The normalized spacial score (nSPS) is 12.5. The molecule has 126 valence electrons. The number of benzene rings is 1. The van der Waals surface area contributed by atoms with Crippen LogP contribution in [0.5, 0.6) is 0 Å². The molecule has 3 N–H and O–H groups in total. The molecule has 0 radical (unpaired) electrons. The Morgan fingerprint density at radius 3 is 2.83 bits per heavy atom. The molecule has 0 fully saturated rings. The van der Waals surface area contributed by atoms with E-state index in [0.717, 1.165) is 12.1 Å². The number of nitrogens with zero attached hydrogens (tertiary/aromatic N) is 4. The van der Waals surface area contributed by atoms with E-state index in [1.165, 1.54) is 23.3 Å². The van der Waals surface area contributed by atoms with Gasteiger partial charge in [0, 0.05) is 18.2 Å². The molecule has 0 saturated heterocycles. The highest BCUT2D eigenvalue weighted by molar-refractivity contribution is 5.86. The van der Waals surface area contributed by atoms with Crippen molar-refractivity contribution in [3.05, 3.63) is 47.9 Å². The molecule has 9 heteroatoms. The number of aliphatic hydroxyl groups is 2. The molecule has 0 bridgehead atoms. The minimum Gasteiger partial charge on any atom is -0.394 e. The molecule has 0 amide bonds. The smallest absolute Gasteiger partial charge is 0.163 e. The van der Waals surface area contributed by atoms with Gasteiger partial charge in [-0.15, -0.1) is 0 Å². The summed E-state index contributed by atoms with van der Waals surface area (Å²) in [7, 11) is 0. The van der Waals surface area contributed by atoms with Crippen LogP contribution in [0.1, 0.15) is 11.7 Å². The molecule has 0 aliphatic heterocycles. The fraction of sp³-hybridized carbons (Fsp3) is 0.267. The lowest BCUT2D eigenvalue weighted by molar-refractivity contribution is 0.186. The molecule has 1 aromatic carbocycles. The van der Waals surface area contributed by atoms with Gasteiger partial charge in [0.2, 0.25) is 0 Å². The van der Waals surface area contributed by atoms with Crippen LogP contribution >= 0.6 is 0 Å². The van der Waals surface area contributed by atoms with E-state index in [9.17, 15) is 13.9 Å². The third kappa shape index (κ3) is 3.17. The largest absolute Gasteiger partial charge is 0.394 e. The summed E-state index contributed by atoms with van der Waals surface area (Å²) in [6, 6.07) is 3.01. The number of hydrogen-bond acceptors (Lipinski definition) is 6. The highest BCUT2D eigenvalue weighted by atomic mass is 19.1. The van der Waals surface area contributed by atoms with E-state index in [-0.39, 0.29) is 18.7 Å². The Balaban J connectivity index is 1.78. The van der Waals surface area contributed by atoms with Crippen molar-refractivity contribution in [2.75, 3.05) is 18.5 Å². The summed E-state index contributed by atoms with van der Waals surface area (Å²) in [6.07, 6.45) is 1.69. The molecule has 1 unspecified atom stereocenters. The maximum absolute atomic E-state index is 13.7. The topological polar surface area (TPSA) is 96.1 Å². The van der Waals surface area contributed by atoms with Gasteiger partial charge in [0.1, 0.15) is 23.8 Å². The monoisotopic (exact) mass is 335 g/mol. The molecule has 2 heterocycles. The molecule has 0 aliphatic rings. The van der Waals surface area contributed by atoms with E-state index >= 15 is 0 Å². The van der Waals surface area contributed by atoms with Gasteiger partial charge in [-0.1, -0.05) is 6.07 Å². The molecule has 3 aromatic rings. The van der Waals surface area contributed by atoms with Crippen molar-refractivity contribution in [3.8, 4) is 0 Å². The Bertz CT molecular complexity index is 855. The molecule has 0 saturated carbocycles. The van der Waals surface area contributed by atoms with Crippen molar-refractivity contribution in [2.24, 2.45) is 0 Å². The van der Waals surface area contributed by atoms with Crippen LogP contribution in [0.25, 0.3) is 11.0 Å². The average molecular weight is 335 g/mol. The summed E-state index contributed by atoms with van der Waals surface area (Å²) >= 11 is 0. The highest BCUT2D eigenvalue weighted by Gasteiger charge is 2.15. The first-order valence-corrected chi connectivity index (χ1v) is 7.24. The number of nitrogens with one attached hydrogen (secondary N) is 1. The van der Waals surface area contributed by atoms with Crippen LogP contribution in [0.15, 0.2) is 30.7 Å². The van der Waals surface area contributed by atoms with E-state index in [2.05, 4.69) is 20.4 Å². The molecule has 24 heavy (non-hydrogen) atoms. The lowest BCUT2D eigenvalue weighted by Gasteiger charge is -2.13. The minimum atomic E-state index is -1.18. The van der Waals surface area contributed by atoms with E-state index in [1.54, 1.807) is 0 Å². The van der Waals surface area contributed by atoms with E-state index in [0.29, 0.717) is 23.4 Å². The summed E-state index contributed by atoms with van der Waals surface area (Å²) in [5.41, 5.74) is 0.522. The van der Waals surface area contributed by atoms with Crippen LogP contribution < -0.4 is 5.32 Å². The lowest BCUT2D eigenvalue weighted by Crippen LogP contribution is -2.14. The van der Waals surface area contributed by atoms with Crippen LogP contribution in [-0.2, 0) is 6.54 Å². The maximum atomic E-state index is 13.7. The number of aliphatic hydroxyl groups excluding tert-OH is 2. The number of anilines is 1. The fourth-order valence-corrected chi connectivity index (χ4v) is 2.37. The van der Waals surface area contributed by atoms with E-state index < -0.39 is 17.7 Å². The van der Waals surface area contributed by atoms with Crippen LogP contribution in [0.3, 0.4) is 0 Å². The van der Waals surface area contributed by atoms with Gasteiger partial charge in [0.15, 0.2) is 5.65 Å². The Morgan fingerprint density at radius 2 is 2.08 bits per heavy atom. The summed E-state index contributed by atoms with van der Waals surface area (Å²) in [6.45, 7) is 0.190. The Hall–Kier alpha value is -2.65. The SMILES string of the molecule is OCCn1ncc2c(NCC(O)c3ccc(F)cc3F)ncnc21. The lowest BCUT2D eigenvalue weighted by atomic mass is 10.1. The summed E-state index contributed by atoms with van der Waals surface area (Å²) < 4.78 is 28.1.